The lowest BCUT2D eigenvalue weighted by Crippen LogP contribution is -2.02. The Morgan fingerprint density at radius 3 is 2.46 bits per heavy atom. The Kier molecular flexibility index (Phi) is 3.83. The van der Waals surface area contributed by atoms with Crippen molar-refractivity contribution in [3.05, 3.63) is 23.8 Å². The number of hydrogen-bond acceptors (Lipinski definition) is 3. The van der Waals surface area contributed by atoms with Gasteiger partial charge < -0.3 is 5.11 Å². The van der Waals surface area contributed by atoms with Crippen LogP contribution < -0.4 is 0 Å². The number of aryl methyl sites for hydroxylation is 1. The SMILES string of the molecule is CCC(CCO)c1cnc(C)nc1. The third-order valence-electron chi connectivity index (χ3n) is 2.24. The fraction of sp³-hybridized carbons (Fsp3) is 0.600. The van der Waals surface area contributed by atoms with Crippen molar-refractivity contribution in [2.24, 2.45) is 0 Å². The minimum Gasteiger partial charge on any atom is -0.396 e. The second-order valence-electron chi connectivity index (χ2n) is 3.18. The van der Waals surface area contributed by atoms with Crippen LogP contribution in [-0.4, -0.2) is 21.7 Å². The number of rotatable bonds is 4. The van der Waals surface area contributed by atoms with Crippen LogP contribution in [0.1, 0.15) is 37.1 Å². The third kappa shape index (κ3) is 2.77. The molecule has 13 heavy (non-hydrogen) atoms. The lowest BCUT2D eigenvalue weighted by Gasteiger charge is -2.12. The van der Waals surface area contributed by atoms with Crippen molar-refractivity contribution in [2.75, 3.05) is 6.61 Å². The van der Waals surface area contributed by atoms with E-state index in [-0.39, 0.29) is 6.61 Å². The first-order valence-electron chi connectivity index (χ1n) is 4.67. The molecule has 0 radical (unpaired) electrons. The maximum absolute atomic E-state index is 8.84. The molecule has 1 rings (SSSR count). The Morgan fingerprint density at radius 2 is 2.00 bits per heavy atom. The van der Waals surface area contributed by atoms with E-state index >= 15 is 0 Å². The van der Waals surface area contributed by atoms with Crippen molar-refractivity contribution in [1.82, 2.24) is 9.97 Å². The summed E-state index contributed by atoms with van der Waals surface area (Å²) >= 11 is 0. The molecule has 1 aromatic heterocycles. The molecule has 0 fully saturated rings. The van der Waals surface area contributed by atoms with Crippen molar-refractivity contribution < 1.29 is 5.11 Å². The minimum atomic E-state index is 0.229. The first-order chi connectivity index (χ1) is 6.27. The number of hydrogen-bond donors (Lipinski definition) is 1. The second kappa shape index (κ2) is 4.92. The molecule has 0 saturated heterocycles. The standard InChI is InChI=1S/C10H16N2O/c1-3-9(4-5-13)10-6-11-8(2)12-7-10/h6-7,9,13H,3-5H2,1-2H3. The van der Waals surface area contributed by atoms with Crippen molar-refractivity contribution in [3.8, 4) is 0 Å². The summed E-state index contributed by atoms with van der Waals surface area (Å²) in [5.74, 6) is 1.19. The third-order valence-corrected chi connectivity index (χ3v) is 2.24. The summed E-state index contributed by atoms with van der Waals surface area (Å²) in [6.45, 7) is 4.21. The summed E-state index contributed by atoms with van der Waals surface area (Å²) in [4.78, 5) is 8.27. The number of aromatic nitrogens is 2. The molecule has 0 aromatic carbocycles. The zero-order valence-corrected chi connectivity index (χ0v) is 8.20. The van der Waals surface area contributed by atoms with Crippen LogP contribution in [0.4, 0.5) is 0 Å². The molecule has 1 unspecified atom stereocenters. The number of aliphatic hydroxyl groups is 1. The number of aliphatic hydroxyl groups excluding tert-OH is 1. The summed E-state index contributed by atoms with van der Waals surface area (Å²) in [7, 11) is 0. The Labute approximate surface area is 78.9 Å². The minimum absolute atomic E-state index is 0.229. The van der Waals surface area contributed by atoms with E-state index in [9.17, 15) is 0 Å². The quantitative estimate of drug-likeness (QED) is 0.766. The van der Waals surface area contributed by atoms with Gasteiger partial charge in [0.2, 0.25) is 0 Å². The van der Waals surface area contributed by atoms with Gasteiger partial charge >= 0.3 is 0 Å². The van der Waals surface area contributed by atoms with Crippen LogP contribution in [0.5, 0.6) is 0 Å². The molecule has 1 aromatic rings. The Balaban J connectivity index is 2.73. The molecule has 1 N–H and O–H groups in total. The van der Waals surface area contributed by atoms with E-state index < -0.39 is 0 Å². The van der Waals surface area contributed by atoms with Crippen LogP contribution >= 0.6 is 0 Å². The van der Waals surface area contributed by atoms with Crippen LogP contribution in [0.25, 0.3) is 0 Å². The van der Waals surface area contributed by atoms with Gasteiger partial charge in [0.1, 0.15) is 5.82 Å². The number of nitrogens with zero attached hydrogens (tertiary/aromatic N) is 2. The van der Waals surface area contributed by atoms with Gasteiger partial charge in [-0.05, 0) is 31.2 Å². The predicted octanol–water partition coefficient (Wildman–Crippen LogP) is 1.66. The molecule has 0 saturated carbocycles. The molecule has 0 aliphatic carbocycles. The zero-order valence-electron chi connectivity index (χ0n) is 8.20. The highest BCUT2D eigenvalue weighted by molar-refractivity contribution is 5.11. The molecule has 0 amide bonds. The van der Waals surface area contributed by atoms with Gasteiger partial charge in [-0.1, -0.05) is 6.92 Å². The molecule has 0 aliphatic rings. The molecule has 0 bridgehead atoms. The Bertz CT molecular complexity index is 246. The van der Waals surface area contributed by atoms with E-state index in [1.165, 1.54) is 0 Å². The lowest BCUT2D eigenvalue weighted by molar-refractivity contribution is 0.274. The topological polar surface area (TPSA) is 46.0 Å². The van der Waals surface area contributed by atoms with Crippen molar-refractivity contribution in [2.45, 2.75) is 32.6 Å². The van der Waals surface area contributed by atoms with E-state index in [0.29, 0.717) is 5.92 Å². The first-order valence-corrected chi connectivity index (χ1v) is 4.67. The van der Waals surface area contributed by atoms with Crippen molar-refractivity contribution >= 4 is 0 Å². The average Bonchev–Trinajstić information content (AvgIpc) is 2.16. The summed E-state index contributed by atoms with van der Waals surface area (Å²) < 4.78 is 0. The van der Waals surface area contributed by atoms with Crippen molar-refractivity contribution in [1.29, 1.82) is 0 Å². The maximum Gasteiger partial charge on any atom is 0.125 e. The Morgan fingerprint density at radius 1 is 1.38 bits per heavy atom. The molecule has 72 valence electrons. The normalized spacial score (nSPS) is 12.8. The molecule has 0 aliphatic heterocycles. The largest absolute Gasteiger partial charge is 0.396 e. The van der Waals surface area contributed by atoms with E-state index in [0.717, 1.165) is 24.2 Å². The van der Waals surface area contributed by atoms with Crippen LogP contribution in [0.2, 0.25) is 0 Å². The van der Waals surface area contributed by atoms with Crippen LogP contribution in [0.3, 0.4) is 0 Å². The van der Waals surface area contributed by atoms with Gasteiger partial charge in [-0.3, -0.25) is 0 Å². The van der Waals surface area contributed by atoms with Gasteiger partial charge in [0.25, 0.3) is 0 Å². The summed E-state index contributed by atoms with van der Waals surface area (Å²) in [6, 6.07) is 0. The second-order valence-corrected chi connectivity index (χ2v) is 3.18. The Hall–Kier alpha value is -0.960. The highest BCUT2D eigenvalue weighted by atomic mass is 16.3. The molecule has 0 spiro atoms. The van der Waals surface area contributed by atoms with Gasteiger partial charge in [-0.2, -0.15) is 0 Å². The average molecular weight is 180 g/mol. The molecule has 1 atom stereocenters. The van der Waals surface area contributed by atoms with Gasteiger partial charge in [0.15, 0.2) is 0 Å². The predicted molar refractivity (Wildman–Crippen MR) is 51.5 cm³/mol. The van der Waals surface area contributed by atoms with Gasteiger partial charge in [0.05, 0.1) is 0 Å². The monoisotopic (exact) mass is 180 g/mol. The van der Waals surface area contributed by atoms with Crippen LogP contribution in [-0.2, 0) is 0 Å². The van der Waals surface area contributed by atoms with Crippen LogP contribution in [0.15, 0.2) is 12.4 Å². The smallest absolute Gasteiger partial charge is 0.125 e. The zero-order chi connectivity index (χ0) is 9.68. The first kappa shape index (κ1) is 10.1. The van der Waals surface area contributed by atoms with Gasteiger partial charge in [-0.15, -0.1) is 0 Å². The molecular formula is C10H16N2O. The lowest BCUT2D eigenvalue weighted by atomic mass is 9.96. The van der Waals surface area contributed by atoms with Gasteiger partial charge in [-0.25, -0.2) is 9.97 Å². The van der Waals surface area contributed by atoms with E-state index in [4.69, 9.17) is 5.11 Å². The molecule has 3 nitrogen and oxygen atoms in total. The van der Waals surface area contributed by atoms with Crippen LogP contribution in [0, 0.1) is 6.92 Å². The van der Waals surface area contributed by atoms with E-state index in [1.807, 2.05) is 19.3 Å². The summed E-state index contributed by atoms with van der Waals surface area (Å²) in [5.41, 5.74) is 1.13. The molecule has 3 heteroatoms. The fourth-order valence-corrected chi connectivity index (χ4v) is 1.38. The van der Waals surface area contributed by atoms with Crippen molar-refractivity contribution in [3.63, 3.8) is 0 Å². The molecule has 1 heterocycles. The molecular weight excluding hydrogens is 164 g/mol. The maximum atomic E-state index is 8.84. The highest BCUT2D eigenvalue weighted by Crippen LogP contribution is 2.20. The fourth-order valence-electron chi connectivity index (χ4n) is 1.38. The van der Waals surface area contributed by atoms with E-state index in [2.05, 4.69) is 16.9 Å². The highest BCUT2D eigenvalue weighted by Gasteiger charge is 2.08. The van der Waals surface area contributed by atoms with Gasteiger partial charge in [0, 0.05) is 19.0 Å². The summed E-state index contributed by atoms with van der Waals surface area (Å²) in [5, 5.41) is 8.84. The van der Waals surface area contributed by atoms with E-state index in [1.54, 1.807) is 0 Å². The summed E-state index contributed by atoms with van der Waals surface area (Å²) in [6.07, 6.45) is 5.52.